The van der Waals surface area contributed by atoms with Crippen LogP contribution in [-0.2, 0) is 18.6 Å². The summed E-state index contributed by atoms with van der Waals surface area (Å²) in [5, 5.41) is 0.0208. The normalized spacial score (nSPS) is 28.4. The van der Waals surface area contributed by atoms with Gasteiger partial charge in [-0.05, 0) is 19.8 Å². The van der Waals surface area contributed by atoms with E-state index in [0.717, 1.165) is 0 Å². The van der Waals surface area contributed by atoms with Crippen LogP contribution in [0, 0.1) is 5.92 Å². The molecule has 98 valence electrons. The molecule has 0 fully saturated rings. The van der Waals surface area contributed by atoms with Gasteiger partial charge < -0.3 is 9.63 Å². The molecule has 1 heterocycles. The predicted molar refractivity (Wildman–Crippen MR) is 63.0 cm³/mol. The second-order valence-electron chi connectivity index (χ2n) is 4.27. The Morgan fingerprint density at radius 1 is 1.65 bits per heavy atom. The minimum Gasteiger partial charge on any atom is -0.627 e. The number of rotatable bonds is 5. The molecule has 0 saturated heterocycles. The first kappa shape index (κ1) is 14.6. The third-order valence-corrected chi connectivity index (χ3v) is 4.18. The third kappa shape index (κ3) is 3.75. The first-order valence-electron chi connectivity index (χ1n) is 5.71. The highest BCUT2D eigenvalue weighted by molar-refractivity contribution is 7.65. The zero-order valence-corrected chi connectivity index (χ0v) is 11.5. The summed E-state index contributed by atoms with van der Waals surface area (Å²) in [6, 6.07) is 0. The zero-order valence-electron chi connectivity index (χ0n) is 10.6. The molecule has 0 aromatic carbocycles. The number of hydrogen-bond acceptors (Lipinski definition) is 5. The van der Waals surface area contributed by atoms with Crippen LogP contribution in [0.4, 0.5) is 0 Å². The molecule has 0 N–H and O–H groups in total. The molecule has 0 aliphatic carbocycles. The van der Waals surface area contributed by atoms with Crippen LogP contribution in [0.2, 0.25) is 0 Å². The molecule has 1 aliphatic rings. The van der Waals surface area contributed by atoms with Crippen molar-refractivity contribution in [2.75, 3.05) is 13.2 Å². The van der Waals surface area contributed by atoms with E-state index in [1.807, 2.05) is 13.8 Å². The molecule has 0 radical (unpaired) electrons. The third-order valence-electron chi connectivity index (χ3n) is 2.05. The number of carbonyl (C=O) groups excluding carboxylic acids is 1. The van der Waals surface area contributed by atoms with E-state index in [1.165, 1.54) is 6.08 Å². The van der Waals surface area contributed by atoms with Crippen LogP contribution < -0.4 is 4.89 Å². The number of hydrogen-bond donors (Lipinski definition) is 0. The molecule has 0 saturated carbocycles. The van der Waals surface area contributed by atoms with Crippen molar-refractivity contribution in [1.82, 2.24) is 0 Å². The molecule has 2 unspecified atom stereocenters. The average Bonchev–Trinajstić information content (AvgIpc) is 2.51. The lowest BCUT2D eigenvalue weighted by Crippen LogP contribution is -2.21. The fourth-order valence-corrected chi connectivity index (χ4v) is 3.22. The van der Waals surface area contributed by atoms with Gasteiger partial charge in [0.15, 0.2) is 0 Å². The van der Waals surface area contributed by atoms with E-state index < -0.39 is 20.0 Å². The maximum atomic E-state index is 12.2. The highest BCUT2D eigenvalue weighted by atomic mass is 31.2. The van der Waals surface area contributed by atoms with Gasteiger partial charge in [0.05, 0.1) is 13.2 Å². The van der Waals surface area contributed by atoms with Crippen molar-refractivity contribution in [3.8, 4) is 0 Å². The second kappa shape index (κ2) is 5.91. The van der Waals surface area contributed by atoms with Crippen molar-refractivity contribution in [1.29, 1.82) is 0 Å². The van der Waals surface area contributed by atoms with Gasteiger partial charge in [-0.2, -0.15) is 4.52 Å². The molecule has 0 amide bonds. The fraction of sp³-hybridized carbons (Fsp3) is 0.727. The average molecular weight is 262 g/mol. The molecule has 1 rings (SSSR count). The van der Waals surface area contributed by atoms with Gasteiger partial charge in [0, 0.05) is 6.08 Å². The van der Waals surface area contributed by atoms with Crippen molar-refractivity contribution in [2.45, 2.75) is 33.8 Å². The molecule has 17 heavy (non-hydrogen) atoms. The fourth-order valence-electron chi connectivity index (χ4n) is 1.39. The zero-order chi connectivity index (χ0) is 13.1. The van der Waals surface area contributed by atoms with E-state index in [1.54, 1.807) is 13.8 Å². The molecule has 2 atom stereocenters. The maximum absolute atomic E-state index is 12.2. The van der Waals surface area contributed by atoms with Crippen molar-refractivity contribution < 1.29 is 23.5 Å². The predicted octanol–water partition coefficient (Wildman–Crippen LogP) is 1.65. The largest absolute Gasteiger partial charge is 0.627 e. The minimum absolute atomic E-state index is 0.0208. The summed E-state index contributed by atoms with van der Waals surface area (Å²) in [6.07, 6.45) is 1.10. The summed E-state index contributed by atoms with van der Waals surface area (Å²) in [5.41, 5.74) is 0. The van der Waals surface area contributed by atoms with Crippen LogP contribution in [0.1, 0.15) is 27.7 Å². The first-order chi connectivity index (χ1) is 7.89. The summed E-state index contributed by atoms with van der Waals surface area (Å²) in [4.78, 5) is 24.0. The van der Waals surface area contributed by atoms with E-state index in [-0.39, 0.29) is 24.4 Å². The van der Waals surface area contributed by atoms with Crippen LogP contribution in [0.5, 0.6) is 0 Å². The van der Waals surface area contributed by atoms with Gasteiger partial charge in [-0.25, -0.2) is 9.32 Å². The summed E-state index contributed by atoms with van der Waals surface area (Å²) < 4.78 is 15.3. The van der Waals surface area contributed by atoms with Crippen molar-refractivity contribution >= 4 is 13.9 Å². The van der Waals surface area contributed by atoms with Crippen LogP contribution in [-0.4, -0.2) is 25.3 Å². The maximum Gasteiger partial charge on any atom is 0.378 e. The van der Waals surface area contributed by atoms with Crippen LogP contribution in [0.3, 0.4) is 0 Å². The molecule has 5 nitrogen and oxygen atoms in total. The lowest BCUT2D eigenvalue weighted by Gasteiger charge is -2.23. The van der Waals surface area contributed by atoms with Gasteiger partial charge in [0.25, 0.3) is 7.94 Å². The molecular formula is C11H19O5P. The molecule has 0 spiro atoms. The molecule has 6 heteroatoms. The molecule has 0 bridgehead atoms. The topological polar surface area (TPSA) is 67.8 Å². The minimum atomic E-state index is -3.47. The quantitative estimate of drug-likeness (QED) is 0.556. The Bertz CT molecular complexity index is 315. The van der Waals surface area contributed by atoms with Gasteiger partial charge in [-0.3, -0.25) is 0 Å². The lowest BCUT2D eigenvalue weighted by atomic mass is 10.2. The van der Waals surface area contributed by atoms with Crippen molar-refractivity contribution in [3.05, 3.63) is 11.4 Å². The smallest absolute Gasteiger partial charge is 0.378 e. The first-order valence-corrected chi connectivity index (χ1v) is 7.25. The van der Waals surface area contributed by atoms with E-state index in [4.69, 9.17) is 13.8 Å². The monoisotopic (exact) mass is 262 g/mol. The van der Waals surface area contributed by atoms with Gasteiger partial charge >= 0.3 is 5.97 Å². The molecule has 0 aromatic rings. The Morgan fingerprint density at radius 2 is 2.29 bits per heavy atom. The highest BCUT2D eigenvalue weighted by Crippen LogP contribution is 2.64. The van der Waals surface area contributed by atoms with Gasteiger partial charge in [-0.1, -0.05) is 13.8 Å². The summed E-state index contributed by atoms with van der Waals surface area (Å²) in [6.45, 7) is 7.77. The Hall–Kier alpha value is -0.480. The van der Waals surface area contributed by atoms with E-state index in [9.17, 15) is 9.69 Å². The summed E-state index contributed by atoms with van der Waals surface area (Å²) >= 11 is 0. The van der Waals surface area contributed by atoms with Gasteiger partial charge in [0.2, 0.25) is 5.31 Å². The number of carbonyl (C=O) groups is 1. The highest BCUT2D eigenvalue weighted by Gasteiger charge is 2.48. The Balaban J connectivity index is 2.72. The van der Waals surface area contributed by atoms with Crippen LogP contribution in [0.15, 0.2) is 11.4 Å². The number of esters is 1. The van der Waals surface area contributed by atoms with Crippen molar-refractivity contribution in [3.63, 3.8) is 0 Å². The van der Waals surface area contributed by atoms with E-state index in [0.29, 0.717) is 0 Å². The molecular weight excluding hydrogens is 243 g/mol. The molecule has 1 aliphatic heterocycles. The van der Waals surface area contributed by atoms with Gasteiger partial charge in [-0.15, -0.1) is 0 Å². The SMILES string of the molecule is CCO[P+]1([O-])OC(C)C=C1C(=O)OCC(C)C. The van der Waals surface area contributed by atoms with Crippen LogP contribution >= 0.6 is 7.94 Å². The number of ether oxygens (including phenoxy) is 1. The Kier molecular flexibility index (Phi) is 5.07. The second-order valence-corrected chi connectivity index (χ2v) is 6.22. The Morgan fingerprint density at radius 3 is 2.82 bits per heavy atom. The summed E-state index contributed by atoms with van der Waals surface area (Å²) in [5.74, 6) is -0.384. The van der Waals surface area contributed by atoms with Gasteiger partial charge in [0.1, 0.15) is 6.10 Å². The lowest BCUT2D eigenvalue weighted by molar-refractivity contribution is -0.215. The molecule has 0 aromatic heterocycles. The van der Waals surface area contributed by atoms with E-state index in [2.05, 4.69) is 0 Å². The van der Waals surface area contributed by atoms with E-state index >= 15 is 0 Å². The standard InChI is InChI=1S/C11H19O5P/c1-5-15-17(13)10(6-9(4)16-17)11(12)14-7-8(2)3/h6,8-9H,5,7H2,1-4H3. The summed E-state index contributed by atoms with van der Waals surface area (Å²) in [7, 11) is -3.47. The van der Waals surface area contributed by atoms with Crippen molar-refractivity contribution in [2.24, 2.45) is 5.92 Å². The van der Waals surface area contributed by atoms with Crippen LogP contribution in [0.25, 0.3) is 0 Å². The Labute approximate surface area is 102 Å².